The van der Waals surface area contributed by atoms with Gasteiger partial charge in [-0.05, 0) is 50.0 Å². The van der Waals surface area contributed by atoms with E-state index in [1.807, 2.05) is 0 Å². The highest BCUT2D eigenvalue weighted by molar-refractivity contribution is 5.95. The zero-order chi connectivity index (χ0) is 38.3. The minimum Gasteiger partial charge on any atom is -0.384 e. The maximum absolute atomic E-state index is 13.6. The van der Waals surface area contributed by atoms with Crippen LogP contribution < -0.4 is 61.4 Å². The Kier molecular flexibility index (Phi) is 20.2. The van der Waals surface area contributed by atoms with E-state index in [9.17, 15) is 19.2 Å². The molecule has 4 amide bonds. The zero-order valence-corrected chi connectivity index (χ0v) is 29.6. The SMILES string of the molecule is CC(C)[C@H](NC(=O)[C@H](CCCN=C(N)N)NC(=O)CCCCCN=C(N)N)C(=O)N[C@@H](CCCN=C(N)N)C(=O)NCc1ccc(C(=N)N)cc1. The van der Waals surface area contributed by atoms with Crippen LogP contribution in [0, 0.1) is 11.3 Å². The summed E-state index contributed by atoms with van der Waals surface area (Å²) in [5, 5.41) is 18.7. The van der Waals surface area contributed by atoms with Gasteiger partial charge in [0.25, 0.3) is 0 Å². The van der Waals surface area contributed by atoms with Gasteiger partial charge in [0.05, 0.1) is 0 Å². The van der Waals surface area contributed by atoms with Crippen LogP contribution in [0.2, 0.25) is 0 Å². The molecule has 0 saturated carbocycles. The Balaban J connectivity index is 3.03. The Morgan fingerprint density at radius 3 is 1.65 bits per heavy atom. The van der Waals surface area contributed by atoms with Crippen molar-refractivity contribution in [2.75, 3.05) is 19.6 Å². The molecule has 1 aromatic rings. The molecule has 19 heteroatoms. The Labute approximate surface area is 299 Å². The Morgan fingerprint density at radius 1 is 0.647 bits per heavy atom. The lowest BCUT2D eigenvalue weighted by molar-refractivity contribution is -0.134. The van der Waals surface area contributed by atoms with Crippen molar-refractivity contribution in [1.82, 2.24) is 21.3 Å². The lowest BCUT2D eigenvalue weighted by Gasteiger charge is -2.27. The fourth-order valence-corrected chi connectivity index (χ4v) is 4.76. The number of aliphatic imine (C=N–C) groups is 3. The first-order chi connectivity index (χ1) is 24.1. The Hall–Kier alpha value is -5.62. The topological polar surface area (TPSA) is 359 Å². The summed E-state index contributed by atoms with van der Waals surface area (Å²) in [4.78, 5) is 65.1. The number of unbranched alkanes of at least 4 members (excludes halogenated alkanes) is 2. The van der Waals surface area contributed by atoms with Crippen molar-refractivity contribution in [2.24, 2.45) is 61.0 Å². The van der Waals surface area contributed by atoms with Crippen LogP contribution in [-0.4, -0.2) is 85.1 Å². The van der Waals surface area contributed by atoms with Gasteiger partial charge in [-0.25, -0.2) is 0 Å². The molecule has 0 aliphatic rings. The molecular weight excluding hydrogens is 658 g/mol. The normalized spacial score (nSPS) is 12.4. The molecule has 51 heavy (non-hydrogen) atoms. The molecule has 19 nitrogen and oxygen atoms in total. The number of benzene rings is 1. The van der Waals surface area contributed by atoms with Crippen LogP contribution in [0.25, 0.3) is 0 Å². The fourth-order valence-electron chi connectivity index (χ4n) is 4.76. The Bertz CT molecular complexity index is 1370. The molecule has 1 rings (SSSR count). The van der Waals surface area contributed by atoms with Crippen molar-refractivity contribution >= 4 is 47.3 Å². The molecule has 0 aliphatic carbocycles. The third-order valence-corrected chi connectivity index (χ3v) is 7.51. The summed E-state index contributed by atoms with van der Waals surface area (Å²) in [5.41, 5.74) is 39.2. The monoisotopic (exact) mass is 715 g/mol. The number of carbonyl (C=O) groups is 4. The van der Waals surface area contributed by atoms with Gasteiger partial charge in [-0.1, -0.05) is 44.5 Å². The van der Waals surface area contributed by atoms with Gasteiger partial charge in [-0.15, -0.1) is 0 Å². The van der Waals surface area contributed by atoms with E-state index in [0.29, 0.717) is 44.2 Å². The fraction of sp³-hybridized carbons (Fsp3) is 0.562. The van der Waals surface area contributed by atoms with Crippen molar-refractivity contribution in [3.8, 4) is 0 Å². The van der Waals surface area contributed by atoms with Gasteiger partial charge >= 0.3 is 0 Å². The second-order valence-corrected chi connectivity index (χ2v) is 12.3. The number of nitrogens with one attached hydrogen (secondary N) is 5. The second kappa shape index (κ2) is 23.7. The van der Waals surface area contributed by atoms with E-state index in [-0.39, 0.29) is 74.4 Å². The first kappa shape index (κ1) is 43.4. The first-order valence-corrected chi connectivity index (χ1v) is 16.9. The average molecular weight is 716 g/mol. The van der Waals surface area contributed by atoms with Gasteiger partial charge in [0.1, 0.15) is 24.0 Å². The molecular formula is C32H57N15O4. The molecule has 0 aliphatic heterocycles. The molecule has 284 valence electrons. The minimum atomic E-state index is -1.04. The molecule has 0 aromatic heterocycles. The summed E-state index contributed by atoms with van der Waals surface area (Å²) in [5.74, 6) is -2.60. The highest BCUT2D eigenvalue weighted by Gasteiger charge is 2.31. The summed E-state index contributed by atoms with van der Waals surface area (Å²) in [6.45, 7) is 4.57. The number of carbonyl (C=O) groups excluding carboxylic acids is 4. The van der Waals surface area contributed by atoms with Crippen LogP contribution in [0.3, 0.4) is 0 Å². The van der Waals surface area contributed by atoms with Gasteiger partial charge in [0.2, 0.25) is 23.6 Å². The molecule has 1 aromatic carbocycles. The van der Waals surface area contributed by atoms with Crippen molar-refractivity contribution < 1.29 is 19.2 Å². The number of nitrogens with zero attached hydrogens (tertiary/aromatic N) is 3. The number of rotatable bonds is 24. The van der Waals surface area contributed by atoms with Crippen molar-refractivity contribution in [2.45, 2.75) is 89.9 Å². The molecule has 0 bridgehead atoms. The summed E-state index contributed by atoms with van der Waals surface area (Å²) in [7, 11) is 0. The maximum atomic E-state index is 13.6. The highest BCUT2D eigenvalue weighted by atomic mass is 16.2. The summed E-state index contributed by atoms with van der Waals surface area (Å²) < 4.78 is 0. The van der Waals surface area contributed by atoms with Gasteiger partial charge < -0.3 is 61.4 Å². The van der Waals surface area contributed by atoms with E-state index in [2.05, 4.69) is 36.2 Å². The third-order valence-electron chi connectivity index (χ3n) is 7.51. The number of nitrogen functional groups attached to an aromatic ring is 1. The van der Waals surface area contributed by atoms with E-state index >= 15 is 0 Å². The zero-order valence-electron chi connectivity index (χ0n) is 29.6. The largest absolute Gasteiger partial charge is 0.384 e. The molecule has 0 radical (unpaired) electrons. The van der Waals surface area contributed by atoms with Crippen LogP contribution >= 0.6 is 0 Å². The number of guanidine groups is 3. The van der Waals surface area contributed by atoms with E-state index < -0.39 is 35.8 Å². The van der Waals surface area contributed by atoms with Crippen molar-refractivity contribution in [3.05, 3.63) is 35.4 Å². The second-order valence-electron chi connectivity index (χ2n) is 12.3. The van der Waals surface area contributed by atoms with Gasteiger partial charge in [-0.3, -0.25) is 39.6 Å². The van der Waals surface area contributed by atoms with E-state index in [1.165, 1.54) is 0 Å². The molecule has 0 fully saturated rings. The van der Waals surface area contributed by atoms with Gasteiger partial charge in [0.15, 0.2) is 17.9 Å². The molecule has 0 spiro atoms. The molecule has 0 heterocycles. The number of amidine groups is 1. The summed E-state index contributed by atoms with van der Waals surface area (Å²) in [6.07, 6.45) is 3.28. The lowest BCUT2D eigenvalue weighted by Crippen LogP contribution is -2.58. The molecule has 3 atom stereocenters. The van der Waals surface area contributed by atoms with Crippen LogP contribution in [0.15, 0.2) is 39.2 Å². The molecule has 0 unspecified atom stereocenters. The number of nitrogens with two attached hydrogens (primary N) is 7. The predicted octanol–water partition coefficient (Wildman–Crippen LogP) is -2.36. The van der Waals surface area contributed by atoms with Crippen molar-refractivity contribution in [1.29, 1.82) is 5.41 Å². The van der Waals surface area contributed by atoms with Crippen LogP contribution in [0.1, 0.15) is 76.3 Å². The van der Waals surface area contributed by atoms with Crippen LogP contribution in [0.5, 0.6) is 0 Å². The maximum Gasteiger partial charge on any atom is 0.243 e. The molecule has 0 saturated heterocycles. The van der Waals surface area contributed by atoms with Gasteiger partial charge in [-0.2, -0.15) is 0 Å². The standard InChI is InChI=1S/C32H57N15O4/c1-19(2)25(47-28(50)23(9-7-17-43-32(39)40)45-24(48)10-4-3-5-15-41-30(35)36)29(51)46-22(8-6-16-42-31(37)38)27(49)44-18-20-11-13-21(14-12-20)26(33)34/h11-14,19,22-23,25H,3-10,15-18H2,1-2H3,(H3,33,34)(H,44,49)(H,45,48)(H,46,51)(H,47,50)(H4,35,36,41)(H4,37,38,42)(H4,39,40,43)/t22-,23-,25-/m0/s1. The third kappa shape index (κ3) is 19.2. The lowest BCUT2D eigenvalue weighted by atomic mass is 10.0. The minimum absolute atomic E-state index is 0.00582. The summed E-state index contributed by atoms with van der Waals surface area (Å²) >= 11 is 0. The van der Waals surface area contributed by atoms with Crippen LogP contribution in [-0.2, 0) is 25.7 Å². The van der Waals surface area contributed by atoms with Crippen LogP contribution in [0.4, 0.5) is 0 Å². The van der Waals surface area contributed by atoms with E-state index in [4.69, 9.17) is 45.5 Å². The predicted molar refractivity (Wildman–Crippen MR) is 199 cm³/mol. The highest BCUT2D eigenvalue weighted by Crippen LogP contribution is 2.09. The van der Waals surface area contributed by atoms with Crippen molar-refractivity contribution in [3.63, 3.8) is 0 Å². The number of hydrogen-bond acceptors (Lipinski definition) is 8. The summed E-state index contributed by atoms with van der Waals surface area (Å²) in [6, 6.07) is 3.80. The Morgan fingerprint density at radius 2 is 1.16 bits per heavy atom. The van der Waals surface area contributed by atoms with E-state index in [1.54, 1.807) is 38.1 Å². The molecule has 19 N–H and O–H groups in total. The number of amides is 4. The average Bonchev–Trinajstić information content (AvgIpc) is 3.06. The van der Waals surface area contributed by atoms with Gasteiger partial charge in [0, 0.05) is 38.2 Å². The quantitative estimate of drug-likeness (QED) is 0.0305. The first-order valence-electron chi connectivity index (χ1n) is 16.9. The smallest absolute Gasteiger partial charge is 0.243 e. The van der Waals surface area contributed by atoms with E-state index in [0.717, 1.165) is 5.56 Å². The number of hydrogen-bond donors (Lipinski definition) is 12.